The first-order chi connectivity index (χ1) is 13.0. The molecule has 1 atom stereocenters. The number of carbonyl (C=O) groups is 3. The lowest BCUT2D eigenvalue weighted by atomic mass is 10.0. The minimum atomic E-state index is -0.995. The van der Waals surface area contributed by atoms with E-state index in [0.717, 1.165) is 17.5 Å². The molecule has 1 heterocycles. The van der Waals surface area contributed by atoms with Gasteiger partial charge in [0, 0.05) is 19.5 Å². The Morgan fingerprint density at radius 1 is 1.07 bits per heavy atom. The molecule has 0 bridgehead atoms. The van der Waals surface area contributed by atoms with Crippen LogP contribution in [0.25, 0.3) is 0 Å². The molecule has 2 aromatic carbocycles. The number of carboxylic acids is 1. The van der Waals surface area contributed by atoms with Crippen LogP contribution in [0.1, 0.15) is 40.4 Å². The first-order valence-electron chi connectivity index (χ1n) is 8.97. The van der Waals surface area contributed by atoms with Gasteiger partial charge in [0.2, 0.25) is 11.8 Å². The van der Waals surface area contributed by atoms with Gasteiger partial charge < -0.3 is 15.3 Å². The number of amides is 2. The molecule has 0 spiro atoms. The smallest absolute Gasteiger partial charge is 0.335 e. The summed E-state index contributed by atoms with van der Waals surface area (Å²) in [4.78, 5) is 37.2. The molecule has 3 rings (SSSR count). The number of benzene rings is 2. The molecule has 2 aromatic rings. The molecule has 2 amide bonds. The van der Waals surface area contributed by atoms with Crippen LogP contribution in [0.5, 0.6) is 0 Å². The van der Waals surface area contributed by atoms with E-state index in [2.05, 4.69) is 5.32 Å². The van der Waals surface area contributed by atoms with Gasteiger partial charge in [0.25, 0.3) is 0 Å². The minimum absolute atomic E-state index is 0.120. The Balaban J connectivity index is 1.68. The Kier molecular flexibility index (Phi) is 5.86. The zero-order chi connectivity index (χ0) is 19.2. The van der Waals surface area contributed by atoms with Gasteiger partial charge in [-0.3, -0.25) is 9.59 Å². The lowest BCUT2D eigenvalue weighted by Gasteiger charge is -2.25. The van der Waals surface area contributed by atoms with Gasteiger partial charge in [-0.2, -0.15) is 0 Å². The molecule has 0 aliphatic carbocycles. The van der Waals surface area contributed by atoms with Crippen molar-refractivity contribution in [3.63, 3.8) is 0 Å². The molecule has 1 aliphatic heterocycles. The molecule has 1 aliphatic rings. The standard InChI is InChI=1S/C21H22N2O4/c24-19(13-15-8-10-17(11-9-15)21(26)27)22-18(16-5-2-1-3-6-16)14-23-12-4-7-20(23)25/h1-3,5-6,8-11,18H,4,7,12-14H2,(H,22,24)(H,26,27). The molecule has 27 heavy (non-hydrogen) atoms. The first kappa shape index (κ1) is 18.6. The SMILES string of the molecule is O=C(Cc1ccc(C(=O)O)cc1)NC(CN1CCCC1=O)c1ccccc1. The van der Waals surface area contributed by atoms with Crippen LogP contribution in [0.3, 0.4) is 0 Å². The van der Waals surface area contributed by atoms with Gasteiger partial charge in [-0.05, 0) is 29.7 Å². The maximum absolute atomic E-state index is 12.5. The van der Waals surface area contributed by atoms with Crippen molar-refractivity contribution in [3.8, 4) is 0 Å². The van der Waals surface area contributed by atoms with Crippen molar-refractivity contribution in [2.45, 2.75) is 25.3 Å². The second-order valence-electron chi connectivity index (χ2n) is 6.65. The summed E-state index contributed by atoms with van der Waals surface area (Å²) in [6.07, 6.45) is 1.56. The van der Waals surface area contributed by atoms with E-state index >= 15 is 0 Å². The van der Waals surface area contributed by atoms with E-state index in [0.29, 0.717) is 19.5 Å². The fourth-order valence-corrected chi connectivity index (χ4v) is 3.23. The predicted octanol–water partition coefficient (Wildman–Crippen LogP) is 2.41. The topological polar surface area (TPSA) is 86.7 Å². The number of rotatable bonds is 7. The fourth-order valence-electron chi connectivity index (χ4n) is 3.23. The monoisotopic (exact) mass is 366 g/mol. The second kappa shape index (κ2) is 8.49. The highest BCUT2D eigenvalue weighted by Crippen LogP contribution is 2.19. The summed E-state index contributed by atoms with van der Waals surface area (Å²) < 4.78 is 0. The summed E-state index contributed by atoms with van der Waals surface area (Å²) >= 11 is 0. The molecule has 1 unspecified atom stereocenters. The highest BCUT2D eigenvalue weighted by atomic mass is 16.4. The normalized spacial score (nSPS) is 14.8. The van der Waals surface area contributed by atoms with Crippen molar-refractivity contribution >= 4 is 17.8 Å². The summed E-state index contributed by atoms with van der Waals surface area (Å²) in [6, 6.07) is 15.6. The van der Waals surface area contributed by atoms with Gasteiger partial charge in [-0.1, -0.05) is 42.5 Å². The van der Waals surface area contributed by atoms with Crippen molar-refractivity contribution in [3.05, 3.63) is 71.3 Å². The van der Waals surface area contributed by atoms with Gasteiger partial charge in [0.05, 0.1) is 18.0 Å². The molecule has 0 aromatic heterocycles. The molecule has 1 saturated heterocycles. The summed E-state index contributed by atoms with van der Waals surface area (Å²) in [5.41, 5.74) is 1.88. The van der Waals surface area contributed by atoms with E-state index in [1.807, 2.05) is 30.3 Å². The van der Waals surface area contributed by atoms with Crippen molar-refractivity contribution in [1.29, 1.82) is 0 Å². The van der Waals surface area contributed by atoms with Gasteiger partial charge >= 0.3 is 5.97 Å². The maximum Gasteiger partial charge on any atom is 0.335 e. The van der Waals surface area contributed by atoms with Gasteiger partial charge in [-0.25, -0.2) is 4.79 Å². The first-order valence-corrected chi connectivity index (χ1v) is 8.97. The van der Waals surface area contributed by atoms with Crippen LogP contribution < -0.4 is 5.32 Å². The molecule has 6 heteroatoms. The third-order valence-corrected chi connectivity index (χ3v) is 4.68. The van der Waals surface area contributed by atoms with E-state index < -0.39 is 5.97 Å². The van der Waals surface area contributed by atoms with Crippen LogP contribution in [0.2, 0.25) is 0 Å². The van der Waals surface area contributed by atoms with E-state index in [1.54, 1.807) is 17.0 Å². The lowest BCUT2D eigenvalue weighted by Crippen LogP contribution is -2.39. The molecule has 0 saturated carbocycles. The van der Waals surface area contributed by atoms with Gasteiger partial charge in [0.1, 0.15) is 0 Å². The van der Waals surface area contributed by atoms with Gasteiger partial charge in [-0.15, -0.1) is 0 Å². The van der Waals surface area contributed by atoms with Crippen molar-refractivity contribution in [1.82, 2.24) is 10.2 Å². The van der Waals surface area contributed by atoms with E-state index in [-0.39, 0.29) is 29.8 Å². The highest BCUT2D eigenvalue weighted by molar-refractivity contribution is 5.87. The average Bonchev–Trinajstić information content (AvgIpc) is 3.07. The number of hydrogen-bond acceptors (Lipinski definition) is 3. The number of carboxylic acid groups (broad SMARTS) is 1. The van der Waals surface area contributed by atoms with E-state index in [9.17, 15) is 14.4 Å². The summed E-state index contributed by atoms with van der Waals surface area (Å²) in [6.45, 7) is 1.17. The molecular formula is C21H22N2O4. The molecule has 6 nitrogen and oxygen atoms in total. The Morgan fingerprint density at radius 3 is 2.37 bits per heavy atom. The molecular weight excluding hydrogens is 344 g/mol. The third-order valence-electron chi connectivity index (χ3n) is 4.68. The lowest BCUT2D eigenvalue weighted by molar-refractivity contribution is -0.129. The molecule has 140 valence electrons. The Bertz CT molecular complexity index is 818. The van der Waals surface area contributed by atoms with Crippen molar-refractivity contribution in [2.75, 3.05) is 13.1 Å². The maximum atomic E-state index is 12.5. The van der Waals surface area contributed by atoms with Crippen LogP contribution in [0, 0.1) is 0 Å². The van der Waals surface area contributed by atoms with Gasteiger partial charge in [0.15, 0.2) is 0 Å². The van der Waals surface area contributed by atoms with E-state index in [1.165, 1.54) is 12.1 Å². The number of aromatic carboxylic acids is 1. The summed E-state index contributed by atoms with van der Waals surface area (Å²) in [5, 5.41) is 12.0. The van der Waals surface area contributed by atoms with Crippen LogP contribution >= 0.6 is 0 Å². The van der Waals surface area contributed by atoms with Crippen LogP contribution in [0.4, 0.5) is 0 Å². The second-order valence-corrected chi connectivity index (χ2v) is 6.65. The quantitative estimate of drug-likeness (QED) is 0.788. The Morgan fingerprint density at radius 2 is 1.78 bits per heavy atom. The van der Waals surface area contributed by atoms with Crippen molar-refractivity contribution < 1.29 is 19.5 Å². The number of likely N-dealkylation sites (tertiary alicyclic amines) is 1. The largest absolute Gasteiger partial charge is 0.478 e. The van der Waals surface area contributed by atoms with E-state index in [4.69, 9.17) is 5.11 Å². The fraction of sp³-hybridized carbons (Fsp3) is 0.286. The number of nitrogens with zero attached hydrogens (tertiary/aromatic N) is 1. The van der Waals surface area contributed by atoms with Crippen molar-refractivity contribution in [2.24, 2.45) is 0 Å². The Labute approximate surface area is 157 Å². The summed E-state index contributed by atoms with van der Waals surface area (Å²) in [7, 11) is 0. The van der Waals surface area contributed by atoms with Crippen LogP contribution in [-0.4, -0.2) is 40.9 Å². The highest BCUT2D eigenvalue weighted by Gasteiger charge is 2.25. The van der Waals surface area contributed by atoms with Crippen LogP contribution in [0.15, 0.2) is 54.6 Å². The average molecular weight is 366 g/mol. The number of nitrogens with one attached hydrogen (secondary N) is 1. The zero-order valence-electron chi connectivity index (χ0n) is 14.9. The Hall–Kier alpha value is -3.15. The number of carbonyl (C=O) groups excluding carboxylic acids is 2. The minimum Gasteiger partial charge on any atom is -0.478 e. The predicted molar refractivity (Wildman–Crippen MR) is 100 cm³/mol. The summed E-state index contributed by atoms with van der Waals surface area (Å²) in [5.74, 6) is -1.04. The molecule has 0 radical (unpaired) electrons. The molecule has 2 N–H and O–H groups in total. The van der Waals surface area contributed by atoms with Crippen LogP contribution in [-0.2, 0) is 16.0 Å². The molecule has 1 fully saturated rings. The number of hydrogen-bond donors (Lipinski definition) is 2. The third kappa shape index (κ3) is 4.94. The zero-order valence-corrected chi connectivity index (χ0v) is 14.9.